The van der Waals surface area contributed by atoms with Gasteiger partial charge >= 0.3 is 0 Å². The zero-order valence-corrected chi connectivity index (χ0v) is 12.0. The number of nitrogens with two attached hydrogens (primary N) is 1. The SMILES string of the molecule is Cc1cc(N)cc(S(=O)(=O)Nc2ccc(C)cc2F)c1. The minimum Gasteiger partial charge on any atom is -0.399 e. The number of halogens is 1. The van der Waals surface area contributed by atoms with Crippen LogP contribution in [0.4, 0.5) is 15.8 Å². The summed E-state index contributed by atoms with van der Waals surface area (Å²) >= 11 is 0. The van der Waals surface area contributed by atoms with E-state index in [1.54, 1.807) is 26.0 Å². The molecule has 0 unspecified atom stereocenters. The predicted molar refractivity (Wildman–Crippen MR) is 77.5 cm³/mol. The summed E-state index contributed by atoms with van der Waals surface area (Å²) in [6, 6.07) is 8.76. The fourth-order valence-corrected chi connectivity index (χ4v) is 3.04. The van der Waals surface area contributed by atoms with E-state index >= 15 is 0 Å². The van der Waals surface area contributed by atoms with E-state index < -0.39 is 15.8 Å². The Balaban J connectivity index is 2.40. The molecule has 0 radical (unpaired) electrons. The highest BCUT2D eigenvalue weighted by Gasteiger charge is 2.17. The lowest BCUT2D eigenvalue weighted by molar-refractivity contribution is 0.598. The van der Waals surface area contributed by atoms with Crippen molar-refractivity contribution in [3.63, 3.8) is 0 Å². The van der Waals surface area contributed by atoms with Crippen molar-refractivity contribution < 1.29 is 12.8 Å². The molecule has 20 heavy (non-hydrogen) atoms. The van der Waals surface area contributed by atoms with Crippen LogP contribution in [0.1, 0.15) is 11.1 Å². The standard InChI is InChI=1S/C14H15FN2O2S/c1-9-3-4-14(13(15)7-9)17-20(18,19)12-6-10(2)5-11(16)8-12/h3-8,17H,16H2,1-2H3. The lowest BCUT2D eigenvalue weighted by Gasteiger charge is -2.10. The van der Waals surface area contributed by atoms with E-state index in [-0.39, 0.29) is 10.6 Å². The quantitative estimate of drug-likeness (QED) is 0.855. The molecule has 0 fully saturated rings. The molecule has 0 heterocycles. The van der Waals surface area contributed by atoms with E-state index in [2.05, 4.69) is 4.72 Å². The van der Waals surface area contributed by atoms with Crippen LogP contribution in [0, 0.1) is 19.7 Å². The summed E-state index contributed by atoms with van der Waals surface area (Å²) in [6.45, 7) is 3.46. The van der Waals surface area contributed by atoms with Gasteiger partial charge in [0.1, 0.15) is 5.82 Å². The molecule has 0 aliphatic rings. The summed E-state index contributed by atoms with van der Waals surface area (Å²) in [5, 5.41) is 0. The first-order valence-electron chi connectivity index (χ1n) is 5.94. The van der Waals surface area contributed by atoms with Crippen LogP contribution >= 0.6 is 0 Å². The Morgan fingerprint density at radius 2 is 1.75 bits per heavy atom. The Labute approximate surface area is 117 Å². The van der Waals surface area contributed by atoms with Crippen LogP contribution in [0.2, 0.25) is 0 Å². The minimum atomic E-state index is -3.86. The monoisotopic (exact) mass is 294 g/mol. The van der Waals surface area contributed by atoms with E-state index in [1.807, 2.05) is 0 Å². The Hall–Kier alpha value is -2.08. The molecule has 0 amide bonds. The van der Waals surface area contributed by atoms with Crippen molar-refractivity contribution in [2.75, 3.05) is 10.5 Å². The van der Waals surface area contributed by atoms with Gasteiger partial charge in [0.2, 0.25) is 0 Å². The number of hydrogen-bond donors (Lipinski definition) is 2. The minimum absolute atomic E-state index is 0.00924. The Morgan fingerprint density at radius 3 is 2.35 bits per heavy atom. The molecule has 2 rings (SSSR count). The van der Waals surface area contributed by atoms with Gasteiger partial charge in [0.15, 0.2) is 0 Å². The molecule has 0 saturated carbocycles. The van der Waals surface area contributed by atoms with Crippen LogP contribution in [0.3, 0.4) is 0 Å². The van der Waals surface area contributed by atoms with Gasteiger partial charge in [-0.3, -0.25) is 4.72 Å². The van der Waals surface area contributed by atoms with Crippen molar-refractivity contribution in [2.24, 2.45) is 0 Å². The molecular formula is C14H15FN2O2S. The molecule has 0 aliphatic heterocycles. The number of anilines is 2. The van der Waals surface area contributed by atoms with E-state index in [9.17, 15) is 12.8 Å². The molecule has 0 aromatic heterocycles. The van der Waals surface area contributed by atoms with Crippen LogP contribution in [-0.2, 0) is 10.0 Å². The normalized spacial score (nSPS) is 11.3. The maximum absolute atomic E-state index is 13.7. The van der Waals surface area contributed by atoms with Gasteiger partial charge in [-0.15, -0.1) is 0 Å². The highest BCUT2D eigenvalue weighted by atomic mass is 32.2. The number of benzene rings is 2. The average Bonchev–Trinajstić information content (AvgIpc) is 2.31. The first kappa shape index (κ1) is 14.3. The fourth-order valence-electron chi connectivity index (χ4n) is 1.84. The number of aryl methyl sites for hydroxylation is 2. The Bertz CT molecular complexity index is 738. The molecule has 0 spiro atoms. The van der Waals surface area contributed by atoms with Gasteiger partial charge in [-0.25, -0.2) is 12.8 Å². The zero-order chi connectivity index (χ0) is 14.9. The third kappa shape index (κ3) is 3.08. The van der Waals surface area contributed by atoms with E-state index in [4.69, 9.17) is 5.73 Å². The third-order valence-corrected chi connectivity index (χ3v) is 4.10. The van der Waals surface area contributed by atoms with Gasteiger partial charge in [-0.1, -0.05) is 6.07 Å². The Morgan fingerprint density at radius 1 is 1.05 bits per heavy atom. The molecule has 0 saturated heterocycles. The zero-order valence-electron chi connectivity index (χ0n) is 11.1. The van der Waals surface area contributed by atoms with Crippen molar-refractivity contribution in [2.45, 2.75) is 18.7 Å². The molecule has 0 atom stereocenters. The molecule has 3 N–H and O–H groups in total. The first-order chi connectivity index (χ1) is 9.28. The van der Waals surface area contributed by atoms with Gasteiger partial charge in [0, 0.05) is 5.69 Å². The number of nitrogen functional groups attached to an aromatic ring is 1. The van der Waals surface area contributed by atoms with Gasteiger partial charge < -0.3 is 5.73 Å². The number of sulfonamides is 1. The predicted octanol–water partition coefficient (Wildman–Crippen LogP) is 2.83. The first-order valence-corrected chi connectivity index (χ1v) is 7.42. The lowest BCUT2D eigenvalue weighted by atomic mass is 10.2. The van der Waals surface area contributed by atoms with Gasteiger partial charge in [0.25, 0.3) is 10.0 Å². The second-order valence-electron chi connectivity index (χ2n) is 4.67. The number of rotatable bonds is 3. The van der Waals surface area contributed by atoms with Crippen molar-refractivity contribution >= 4 is 21.4 Å². The Kier molecular flexibility index (Phi) is 3.67. The van der Waals surface area contributed by atoms with E-state index in [0.717, 1.165) is 5.56 Å². The molecule has 106 valence electrons. The van der Waals surface area contributed by atoms with E-state index in [0.29, 0.717) is 11.3 Å². The molecular weight excluding hydrogens is 279 g/mol. The molecule has 2 aromatic rings. The highest BCUT2D eigenvalue weighted by Crippen LogP contribution is 2.22. The number of nitrogens with one attached hydrogen (secondary N) is 1. The van der Waals surface area contributed by atoms with Crippen LogP contribution in [0.15, 0.2) is 41.3 Å². The molecule has 4 nitrogen and oxygen atoms in total. The molecule has 0 bridgehead atoms. The summed E-state index contributed by atoms with van der Waals surface area (Å²) in [7, 11) is -3.86. The highest BCUT2D eigenvalue weighted by molar-refractivity contribution is 7.92. The number of hydrogen-bond acceptors (Lipinski definition) is 3. The summed E-state index contributed by atoms with van der Waals surface area (Å²) in [6.07, 6.45) is 0. The lowest BCUT2D eigenvalue weighted by Crippen LogP contribution is -2.14. The summed E-state index contributed by atoms with van der Waals surface area (Å²) in [5.74, 6) is -0.616. The molecule has 2 aromatic carbocycles. The van der Waals surface area contributed by atoms with Gasteiger partial charge in [0.05, 0.1) is 10.6 Å². The van der Waals surface area contributed by atoms with Gasteiger partial charge in [-0.2, -0.15) is 0 Å². The second-order valence-corrected chi connectivity index (χ2v) is 6.35. The third-order valence-electron chi connectivity index (χ3n) is 2.75. The van der Waals surface area contributed by atoms with Crippen LogP contribution in [0.5, 0.6) is 0 Å². The van der Waals surface area contributed by atoms with Crippen molar-refractivity contribution in [1.29, 1.82) is 0 Å². The summed E-state index contributed by atoms with van der Waals surface area (Å²) in [4.78, 5) is 0.00924. The second kappa shape index (κ2) is 5.13. The fraction of sp³-hybridized carbons (Fsp3) is 0.143. The largest absolute Gasteiger partial charge is 0.399 e. The average molecular weight is 294 g/mol. The maximum Gasteiger partial charge on any atom is 0.262 e. The van der Waals surface area contributed by atoms with E-state index in [1.165, 1.54) is 24.3 Å². The van der Waals surface area contributed by atoms with Crippen molar-refractivity contribution in [3.05, 3.63) is 53.3 Å². The molecule has 6 heteroatoms. The van der Waals surface area contributed by atoms with Crippen molar-refractivity contribution in [1.82, 2.24) is 0 Å². The summed E-state index contributed by atoms with van der Waals surface area (Å²) < 4.78 is 40.3. The topological polar surface area (TPSA) is 72.2 Å². The van der Waals surface area contributed by atoms with Crippen LogP contribution in [-0.4, -0.2) is 8.42 Å². The summed E-state index contributed by atoms with van der Waals surface area (Å²) in [5.41, 5.74) is 7.32. The van der Waals surface area contributed by atoms with Crippen molar-refractivity contribution in [3.8, 4) is 0 Å². The van der Waals surface area contributed by atoms with Gasteiger partial charge in [-0.05, 0) is 55.3 Å². The maximum atomic E-state index is 13.7. The van der Waals surface area contributed by atoms with Crippen LogP contribution in [0.25, 0.3) is 0 Å². The smallest absolute Gasteiger partial charge is 0.262 e. The van der Waals surface area contributed by atoms with Crippen LogP contribution < -0.4 is 10.5 Å². The molecule has 0 aliphatic carbocycles.